The molecule has 0 spiro atoms. The average Bonchev–Trinajstić information content (AvgIpc) is 2.61. The van der Waals surface area contributed by atoms with Crippen LogP contribution in [-0.2, 0) is 0 Å². The van der Waals surface area contributed by atoms with Gasteiger partial charge in [-0.05, 0) is 51.1 Å². The van der Waals surface area contributed by atoms with Crippen LogP contribution in [0.25, 0.3) is 16.1 Å². The summed E-state index contributed by atoms with van der Waals surface area (Å²) in [4.78, 5) is 7.87. The van der Waals surface area contributed by atoms with Crippen LogP contribution in [0.1, 0.15) is 18.4 Å². The smallest absolute Gasteiger partial charge is 0.190 e. The van der Waals surface area contributed by atoms with E-state index in [1.807, 2.05) is 13.0 Å². The molecule has 2 heterocycles. The van der Waals surface area contributed by atoms with Crippen LogP contribution < -0.4 is 4.90 Å². The lowest BCUT2D eigenvalue weighted by Crippen LogP contribution is -2.45. The van der Waals surface area contributed by atoms with Gasteiger partial charge < -0.3 is 14.9 Å². The Balaban J connectivity index is 1.87. The Hall–Kier alpha value is -2.65. The number of likely N-dealkylation sites (tertiary alicyclic amines) is 1. The van der Waals surface area contributed by atoms with E-state index in [1.54, 1.807) is 12.1 Å². The summed E-state index contributed by atoms with van der Waals surface area (Å²) in [5.74, 6) is 0.903. The Morgan fingerprint density at radius 3 is 2.76 bits per heavy atom. The fraction of sp³-hybridized carbons (Fsp3) is 0.421. The highest BCUT2D eigenvalue weighted by molar-refractivity contribution is 5.73. The summed E-state index contributed by atoms with van der Waals surface area (Å²) in [5, 5.41) is 18.9. The highest BCUT2D eigenvalue weighted by Gasteiger charge is 2.23. The largest absolute Gasteiger partial charge is 0.509 e. The molecular weight excluding hydrogens is 314 g/mol. The van der Waals surface area contributed by atoms with Gasteiger partial charge in [0.15, 0.2) is 11.5 Å². The maximum Gasteiger partial charge on any atom is 0.190 e. The molecule has 1 atom stereocenters. The molecule has 3 rings (SSSR count). The van der Waals surface area contributed by atoms with Crippen LogP contribution in [0.5, 0.6) is 5.75 Å². The number of hydrogen-bond donors (Lipinski definition) is 1. The number of nitrogens with zero attached hydrogens (tertiary/aromatic N) is 5. The van der Waals surface area contributed by atoms with E-state index in [2.05, 4.69) is 38.9 Å². The molecule has 6 heteroatoms. The second-order valence-electron chi connectivity index (χ2n) is 6.72. The number of aromatic nitrogens is 2. The summed E-state index contributed by atoms with van der Waals surface area (Å²) in [6.45, 7) is 11.2. The first-order valence-corrected chi connectivity index (χ1v) is 8.46. The number of phenols is 1. The van der Waals surface area contributed by atoms with Crippen molar-refractivity contribution in [1.29, 1.82) is 0 Å². The van der Waals surface area contributed by atoms with Crippen molar-refractivity contribution in [2.24, 2.45) is 0 Å². The zero-order valence-corrected chi connectivity index (χ0v) is 14.9. The van der Waals surface area contributed by atoms with E-state index in [-0.39, 0.29) is 5.75 Å². The maximum absolute atomic E-state index is 10.2. The summed E-state index contributed by atoms with van der Waals surface area (Å²) < 4.78 is 0. The molecule has 0 aliphatic carbocycles. The molecular formula is C19H23N5O. The first-order chi connectivity index (χ1) is 12.0. The first kappa shape index (κ1) is 17.2. The molecule has 1 saturated heterocycles. The van der Waals surface area contributed by atoms with Gasteiger partial charge >= 0.3 is 0 Å². The van der Waals surface area contributed by atoms with E-state index in [4.69, 9.17) is 6.57 Å². The SMILES string of the molecule is [C-]#[N+]c1ccc(-c2nnc(N(C)[C@@H]3CCCN(C)C3)cc2C)c(O)c1. The summed E-state index contributed by atoms with van der Waals surface area (Å²) in [6, 6.07) is 7.31. The van der Waals surface area contributed by atoms with E-state index in [1.165, 1.54) is 12.5 Å². The normalized spacial score (nSPS) is 17.9. The van der Waals surface area contributed by atoms with Gasteiger partial charge in [-0.2, -0.15) is 0 Å². The van der Waals surface area contributed by atoms with Crippen molar-refractivity contribution in [3.8, 4) is 17.0 Å². The third-order valence-electron chi connectivity index (χ3n) is 4.85. The molecule has 130 valence electrons. The molecule has 0 amide bonds. The lowest BCUT2D eigenvalue weighted by molar-refractivity contribution is 0.247. The second kappa shape index (κ2) is 7.08. The number of benzene rings is 1. The monoisotopic (exact) mass is 337 g/mol. The van der Waals surface area contributed by atoms with Crippen LogP contribution >= 0.6 is 0 Å². The zero-order valence-electron chi connectivity index (χ0n) is 14.9. The second-order valence-corrected chi connectivity index (χ2v) is 6.72. The fourth-order valence-electron chi connectivity index (χ4n) is 3.34. The van der Waals surface area contributed by atoms with Gasteiger partial charge in [-0.25, -0.2) is 4.85 Å². The van der Waals surface area contributed by atoms with Gasteiger partial charge in [0.25, 0.3) is 0 Å². The number of likely N-dealkylation sites (N-methyl/N-ethyl adjacent to an activating group) is 2. The van der Waals surface area contributed by atoms with Crippen LogP contribution in [0.15, 0.2) is 24.3 Å². The first-order valence-electron chi connectivity index (χ1n) is 8.46. The van der Waals surface area contributed by atoms with Crippen molar-refractivity contribution in [3.63, 3.8) is 0 Å². The molecule has 1 N–H and O–H groups in total. The molecule has 2 aromatic rings. The van der Waals surface area contributed by atoms with E-state index in [9.17, 15) is 5.11 Å². The standard InChI is InChI=1S/C19H23N5O/c1-13-10-18(24(4)15-6-5-9-23(3)12-15)21-22-19(13)16-8-7-14(20-2)11-17(16)25/h7-8,10-11,15,25H,5-6,9,12H2,1,3-4H3/t15-/m1/s1. The summed E-state index contributed by atoms with van der Waals surface area (Å²) in [7, 11) is 4.21. The van der Waals surface area contributed by atoms with E-state index < -0.39 is 0 Å². The molecule has 1 aliphatic rings. The van der Waals surface area contributed by atoms with E-state index >= 15 is 0 Å². The van der Waals surface area contributed by atoms with Crippen molar-refractivity contribution in [3.05, 3.63) is 41.2 Å². The van der Waals surface area contributed by atoms with Crippen molar-refractivity contribution >= 4 is 11.5 Å². The predicted octanol–water partition coefficient (Wildman–Crippen LogP) is 3.24. The number of hydrogen-bond acceptors (Lipinski definition) is 5. The molecule has 1 aromatic heterocycles. The lowest BCUT2D eigenvalue weighted by Gasteiger charge is -2.36. The number of phenolic OH excluding ortho intramolecular Hbond substituents is 1. The van der Waals surface area contributed by atoms with Crippen LogP contribution in [0.4, 0.5) is 11.5 Å². The van der Waals surface area contributed by atoms with E-state index in [0.29, 0.717) is 23.0 Å². The number of piperidine rings is 1. The minimum absolute atomic E-state index is 0.0564. The van der Waals surface area contributed by atoms with Crippen LogP contribution in [0.3, 0.4) is 0 Å². The third kappa shape index (κ3) is 3.57. The number of rotatable bonds is 3. The van der Waals surface area contributed by atoms with Gasteiger partial charge in [0.2, 0.25) is 0 Å². The van der Waals surface area contributed by atoms with Gasteiger partial charge in [0, 0.05) is 25.2 Å². The van der Waals surface area contributed by atoms with Crippen LogP contribution in [-0.4, -0.2) is 53.4 Å². The average molecular weight is 337 g/mol. The van der Waals surface area contributed by atoms with Crippen LogP contribution in [0, 0.1) is 13.5 Å². The summed E-state index contributed by atoms with van der Waals surface area (Å²) in [5.41, 5.74) is 2.60. The molecule has 25 heavy (non-hydrogen) atoms. The number of anilines is 1. The molecule has 0 bridgehead atoms. The minimum Gasteiger partial charge on any atom is -0.509 e. The Morgan fingerprint density at radius 2 is 2.12 bits per heavy atom. The van der Waals surface area contributed by atoms with Crippen molar-refractivity contribution < 1.29 is 5.11 Å². The van der Waals surface area contributed by atoms with Gasteiger partial charge in [0.1, 0.15) is 5.75 Å². The van der Waals surface area contributed by atoms with Gasteiger partial charge in [-0.15, -0.1) is 10.2 Å². The Labute approximate surface area is 148 Å². The van der Waals surface area contributed by atoms with Crippen molar-refractivity contribution in [1.82, 2.24) is 15.1 Å². The molecule has 0 radical (unpaired) electrons. The van der Waals surface area contributed by atoms with Gasteiger partial charge in [-0.3, -0.25) is 0 Å². The minimum atomic E-state index is 0.0564. The quantitative estimate of drug-likeness (QED) is 0.872. The topological polar surface area (TPSA) is 56.9 Å². The zero-order chi connectivity index (χ0) is 18.0. The predicted molar refractivity (Wildman–Crippen MR) is 99.1 cm³/mol. The molecule has 0 saturated carbocycles. The van der Waals surface area contributed by atoms with Gasteiger partial charge in [0.05, 0.1) is 12.3 Å². The molecule has 0 unspecified atom stereocenters. The van der Waals surface area contributed by atoms with Crippen molar-refractivity contribution in [2.75, 3.05) is 32.1 Å². The molecule has 6 nitrogen and oxygen atoms in total. The van der Waals surface area contributed by atoms with Crippen molar-refractivity contribution in [2.45, 2.75) is 25.8 Å². The molecule has 1 fully saturated rings. The lowest BCUT2D eigenvalue weighted by atomic mass is 10.0. The summed E-state index contributed by atoms with van der Waals surface area (Å²) in [6.07, 6.45) is 2.35. The van der Waals surface area contributed by atoms with Crippen LogP contribution in [0.2, 0.25) is 0 Å². The van der Waals surface area contributed by atoms with E-state index in [0.717, 1.165) is 30.9 Å². The number of aryl methyl sites for hydroxylation is 1. The highest BCUT2D eigenvalue weighted by Crippen LogP contribution is 2.33. The Bertz CT molecular complexity index is 814. The highest BCUT2D eigenvalue weighted by atomic mass is 16.3. The van der Waals surface area contributed by atoms with Gasteiger partial charge in [-0.1, -0.05) is 12.1 Å². The summed E-state index contributed by atoms with van der Waals surface area (Å²) >= 11 is 0. The maximum atomic E-state index is 10.2. The Kier molecular flexibility index (Phi) is 4.86. The Morgan fingerprint density at radius 1 is 1.32 bits per heavy atom. The number of aromatic hydroxyl groups is 1. The fourth-order valence-corrected chi connectivity index (χ4v) is 3.34. The third-order valence-corrected chi connectivity index (χ3v) is 4.85. The molecule has 1 aromatic carbocycles. The molecule has 1 aliphatic heterocycles.